The Hall–Kier alpha value is -3.45. The maximum Gasteiger partial charge on any atom is 0.335 e. The summed E-state index contributed by atoms with van der Waals surface area (Å²) in [5.74, 6) is -1.36. The number of aromatic nitrogens is 1. The molecular weight excluding hydrogens is 458 g/mol. The first-order chi connectivity index (χ1) is 14.8. The Morgan fingerprint density at radius 3 is 2.29 bits per heavy atom. The van der Waals surface area contributed by atoms with Crippen LogP contribution in [-0.4, -0.2) is 22.4 Å². The Morgan fingerprint density at radius 2 is 1.61 bits per heavy atom. The highest BCUT2D eigenvalue weighted by atomic mass is 79.9. The lowest BCUT2D eigenvalue weighted by Crippen LogP contribution is -2.54. The Bertz CT molecular complexity index is 1260. The maximum atomic E-state index is 13.2. The number of benzene rings is 2. The smallest absolute Gasteiger partial charge is 0.318 e. The van der Waals surface area contributed by atoms with Crippen LogP contribution in [0.5, 0.6) is 0 Å². The van der Waals surface area contributed by atoms with Gasteiger partial charge < -0.3 is 4.57 Å². The number of amides is 4. The molecule has 0 radical (unpaired) electrons. The molecule has 2 heterocycles. The molecule has 4 amide bonds. The molecule has 0 saturated carbocycles. The van der Waals surface area contributed by atoms with Crippen molar-refractivity contribution in [3.8, 4) is 5.69 Å². The highest BCUT2D eigenvalue weighted by Gasteiger charge is 2.37. The van der Waals surface area contributed by atoms with Gasteiger partial charge in [-0.15, -0.1) is 0 Å². The van der Waals surface area contributed by atoms with Gasteiger partial charge in [-0.1, -0.05) is 34.1 Å². The number of hydrogen-bond acceptors (Lipinski definition) is 3. The third-order valence-corrected chi connectivity index (χ3v) is 6.18. The van der Waals surface area contributed by atoms with Crippen molar-refractivity contribution in [1.29, 1.82) is 0 Å². The summed E-state index contributed by atoms with van der Waals surface area (Å²) in [6.07, 6.45) is 1.55. The second-order valence-corrected chi connectivity index (χ2v) is 8.24. The normalized spacial score (nSPS) is 15.5. The molecule has 4 rings (SSSR count). The highest BCUT2D eigenvalue weighted by Crippen LogP contribution is 2.28. The molecule has 2 aromatic carbocycles. The van der Waals surface area contributed by atoms with E-state index in [9.17, 15) is 14.4 Å². The van der Waals surface area contributed by atoms with Crippen LogP contribution >= 0.6 is 15.9 Å². The number of anilines is 1. The standard InChI is InChI=1S/C24H20BrN3O3/c1-14-11-19(9-10-21(14)25)28-23(30)20(22(29)26-24(28)31)13-17-12-15(2)27(16(17)3)18-7-5-4-6-8-18/h4-13H,1-3H3,(H,26,29,31)/b20-13-. The van der Waals surface area contributed by atoms with Gasteiger partial charge in [0.15, 0.2) is 0 Å². The molecule has 0 spiro atoms. The van der Waals surface area contributed by atoms with Crippen LogP contribution in [-0.2, 0) is 9.59 Å². The van der Waals surface area contributed by atoms with Crippen LogP contribution in [0.4, 0.5) is 10.5 Å². The molecule has 1 aromatic heterocycles. The fourth-order valence-corrected chi connectivity index (χ4v) is 3.97. The minimum absolute atomic E-state index is 0.0894. The average Bonchev–Trinajstić information content (AvgIpc) is 3.01. The lowest BCUT2D eigenvalue weighted by Gasteiger charge is -2.26. The molecule has 3 aromatic rings. The molecular formula is C24H20BrN3O3. The molecule has 1 N–H and O–H groups in total. The summed E-state index contributed by atoms with van der Waals surface area (Å²) in [6, 6.07) is 16.1. The van der Waals surface area contributed by atoms with Crippen LogP contribution in [0.25, 0.3) is 11.8 Å². The van der Waals surface area contributed by atoms with Gasteiger partial charge in [-0.25, -0.2) is 9.69 Å². The van der Waals surface area contributed by atoms with Crippen LogP contribution in [0, 0.1) is 20.8 Å². The lowest BCUT2D eigenvalue weighted by atomic mass is 10.1. The van der Waals surface area contributed by atoms with Gasteiger partial charge in [0.1, 0.15) is 5.57 Å². The van der Waals surface area contributed by atoms with Gasteiger partial charge in [-0.2, -0.15) is 0 Å². The van der Waals surface area contributed by atoms with Gasteiger partial charge in [0.25, 0.3) is 11.8 Å². The second-order valence-electron chi connectivity index (χ2n) is 7.39. The Kier molecular flexibility index (Phi) is 5.37. The van der Waals surface area contributed by atoms with Crippen molar-refractivity contribution >= 4 is 45.5 Å². The van der Waals surface area contributed by atoms with Gasteiger partial charge in [0.2, 0.25) is 0 Å². The monoisotopic (exact) mass is 477 g/mol. The van der Waals surface area contributed by atoms with E-state index in [2.05, 4.69) is 25.8 Å². The number of barbiturate groups is 1. The van der Waals surface area contributed by atoms with Crippen molar-refractivity contribution in [2.45, 2.75) is 20.8 Å². The summed E-state index contributed by atoms with van der Waals surface area (Å²) in [7, 11) is 0. The van der Waals surface area contributed by atoms with E-state index in [1.54, 1.807) is 24.3 Å². The molecule has 6 nitrogen and oxygen atoms in total. The topological polar surface area (TPSA) is 71.4 Å². The molecule has 7 heteroatoms. The van der Waals surface area contributed by atoms with Crippen molar-refractivity contribution in [3.63, 3.8) is 0 Å². The molecule has 0 bridgehead atoms. The largest absolute Gasteiger partial charge is 0.335 e. The van der Waals surface area contributed by atoms with Gasteiger partial charge in [-0.05, 0) is 74.4 Å². The highest BCUT2D eigenvalue weighted by molar-refractivity contribution is 9.10. The van der Waals surface area contributed by atoms with Crippen molar-refractivity contribution in [1.82, 2.24) is 9.88 Å². The molecule has 156 valence electrons. The summed E-state index contributed by atoms with van der Waals surface area (Å²) in [6.45, 7) is 5.75. The van der Waals surface area contributed by atoms with Crippen LogP contribution < -0.4 is 10.2 Å². The maximum absolute atomic E-state index is 13.2. The van der Waals surface area contributed by atoms with Gasteiger partial charge in [0.05, 0.1) is 5.69 Å². The second kappa shape index (κ2) is 8.00. The fraction of sp³-hybridized carbons (Fsp3) is 0.125. The van der Waals surface area contributed by atoms with Gasteiger partial charge in [-0.3, -0.25) is 14.9 Å². The lowest BCUT2D eigenvalue weighted by molar-refractivity contribution is -0.122. The number of imide groups is 2. The third kappa shape index (κ3) is 3.72. The minimum Gasteiger partial charge on any atom is -0.318 e. The molecule has 0 unspecified atom stereocenters. The molecule has 1 fully saturated rings. The van der Waals surface area contributed by atoms with E-state index < -0.39 is 17.8 Å². The number of para-hydroxylation sites is 1. The van der Waals surface area contributed by atoms with Crippen molar-refractivity contribution in [3.05, 3.63) is 87.2 Å². The van der Waals surface area contributed by atoms with E-state index in [0.717, 1.165) is 37.6 Å². The predicted octanol–water partition coefficient (Wildman–Crippen LogP) is 4.83. The first-order valence-electron chi connectivity index (χ1n) is 9.70. The minimum atomic E-state index is -0.761. The molecule has 31 heavy (non-hydrogen) atoms. The Balaban J connectivity index is 1.77. The Labute approximate surface area is 188 Å². The first-order valence-corrected chi connectivity index (χ1v) is 10.5. The van der Waals surface area contributed by atoms with Gasteiger partial charge in [0, 0.05) is 21.5 Å². The van der Waals surface area contributed by atoms with Gasteiger partial charge >= 0.3 is 6.03 Å². The number of carbonyl (C=O) groups excluding carboxylic acids is 3. The van der Waals surface area contributed by atoms with E-state index in [-0.39, 0.29) is 5.57 Å². The number of aryl methyl sites for hydroxylation is 2. The molecule has 0 atom stereocenters. The molecule has 0 aliphatic carbocycles. The van der Waals surface area contributed by atoms with E-state index >= 15 is 0 Å². The SMILES string of the molecule is Cc1cc(N2C(=O)NC(=O)/C(=C/c3cc(C)n(-c4ccccc4)c3C)C2=O)ccc1Br. The summed E-state index contributed by atoms with van der Waals surface area (Å²) in [5, 5.41) is 2.28. The van der Waals surface area contributed by atoms with Crippen LogP contribution in [0.3, 0.4) is 0 Å². The summed E-state index contributed by atoms with van der Waals surface area (Å²) in [4.78, 5) is 39.1. The quantitative estimate of drug-likeness (QED) is 0.433. The zero-order valence-corrected chi connectivity index (χ0v) is 18.9. The van der Waals surface area contributed by atoms with Crippen molar-refractivity contribution < 1.29 is 14.4 Å². The molecule has 1 aliphatic rings. The van der Waals surface area contributed by atoms with Crippen molar-refractivity contribution in [2.24, 2.45) is 0 Å². The number of halogens is 1. The molecule has 1 saturated heterocycles. The van der Waals surface area contributed by atoms with Crippen LogP contribution in [0.2, 0.25) is 0 Å². The van der Waals surface area contributed by atoms with Crippen molar-refractivity contribution in [2.75, 3.05) is 4.90 Å². The summed E-state index contributed by atoms with van der Waals surface area (Å²) in [5.41, 5.74) is 4.76. The zero-order chi connectivity index (χ0) is 22.3. The predicted molar refractivity (Wildman–Crippen MR) is 123 cm³/mol. The van der Waals surface area contributed by atoms with E-state index in [4.69, 9.17) is 0 Å². The average molecular weight is 478 g/mol. The summed E-state index contributed by atoms with van der Waals surface area (Å²) < 4.78 is 2.92. The fourth-order valence-electron chi connectivity index (χ4n) is 3.72. The van der Waals surface area contributed by atoms with E-state index in [1.807, 2.05) is 57.2 Å². The number of nitrogens with zero attached hydrogens (tertiary/aromatic N) is 2. The number of carbonyl (C=O) groups is 3. The van der Waals surface area contributed by atoms with Crippen LogP contribution in [0.15, 0.2) is 64.6 Å². The third-order valence-electron chi connectivity index (χ3n) is 5.29. The number of hydrogen-bond donors (Lipinski definition) is 1. The van der Waals surface area contributed by atoms with E-state index in [1.165, 1.54) is 0 Å². The van der Waals surface area contributed by atoms with Crippen LogP contribution in [0.1, 0.15) is 22.5 Å². The number of nitrogens with one attached hydrogen (secondary N) is 1. The number of urea groups is 1. The van der Waals surface area contributed by atoms with E-state index in [0.29, 0.717) is 5.69 Å². The summed E-state index contributed by atoms with van der Waals surface area (Å²) >= 11 is 3.41. The zero-order valence-electron chi connectivity index (χ0n) is 17.3. The molecule has 1 aliphatic heterocycles. The number of rotatable bonds is 3. The first kappa shape index (κ1) is 20.8. The Morgan fingerprint density at radius 1 is 0.903 bits per heavy atom.